The van der Waals surface area contributed by atoms with Crippen LogP contribution in [0.25, 0.3) is 0 Å². The van der Waals surface area contributed by atoms with Crippen LogP contribution in [0.5, 0.6) is 0 Å². The van der Waals surface area contributed by atoms with Gasteiger partial charge in [0.1, 0.15) is 5.82 Å². The van der Waals surface area contributed by atoms with Gasteiger partial charge in [0.2, 0.25) is 0 Å². The van der Waals surface area contributed by atoms with Crippen LogP contribution in [0, 0.1) is 25.6 Å². The van der Waals surface area contributed by atoms with Gasteiger partial charge in [0.25, 0.3) is 5.91 Å². The summed E-state index contributed by atoms with van der Waals surface area (Å²) < 4.78 is 13.5. The molecule has 3 rings (SSSR count). The van der Waals surface area contributed by atoms with E-state index in [0.29, 0.717) is 11.3 Å². The monoisotopic (exact) mass is 381 g/mol. The van der Waals surface area contributed by atoms with Crippen molar-refractivity contribution in [2.45, 2.75) is 40.2 Å². The minimum atomic E-state index is -0.790. The Morgan fingerprint density at radius 3 is 2.32 bits per heavy atom. The van der Waals surface area contributed by atoms with E-state index in [0.717, 1.165) is 11.1 Å². The normalized spacial score (nSPS) is 17.0. The van der Waals surface area contributed by atoms with Gasteiger partial charge in [-0.25, -0.2) is 4.39 Å². The van der Waals surface area contributed by atoms with Crippen LogP contribution >= 0.6 is 0 Å². The number of aryl methyl sites for hydroxylation is 2. The zero-order chi connectivity index (χ0) is 20.6. The van der Waals surface area contributed by atoms with E-state index in [-0.39, 0.29) is 23.7 Å². The molecule has 0 aromatic heterocycles. The van der Waals surface area contributed by atoms with Crippen LogP contribution < -0.4 is 4.90 Å². The molecule has 2 aromatic rings. The molecule has 1 unspecified atom stereocenters. The lowest BCUT2D eigenvalue weighted by Crippen LogP contribution is -2.31. The van der Waals surface area contributed by atoms with Gasteiger partial charge >= 0.3 is 0 Å². The molecule has 0 aliphatic carbocycles. The van der Waals surface area contributed by atoms with Crippen LogP contribution in [0.3, 0.4) is 0 Å². The maximum Gasteiger partial charge on any atom is 0.294 e. The van der Waals surface area contributed by atoms with E-state index in [1.54, 1.807) is 18.2 Å². The Labute approximate surface area is 164 Å². The van der Waals surface area contributed by atoms with Gasteiger partial charge < -0.3 is 5.11 Å². The fourth-order valence-corrected chi connectivity index (χ4v) is 3.47. The maximum absolute atomic E-state index is 13.5. The van der Waals surface area contributed by atoms with Gasteiger partial charge in [-0.05, 0) is 60.7 Å². The highest BCUT2D eigenvalue weighted by Crippen LogP contribution is 2.42. The van der Waals surface area contributed by atoms with Crippen molar-refractivity contribution < 1.29 is 19.1 Å². The lowest BCUT2D eigenvalue weighted by Gasteiger charge is -2.27. The first kappa shape index (κ1) is 19.8. The van der Waals surface area contributed by atoms with Gasteiger partial charge in [-0.2, -0.15) is 0 Å². The first-order valence-corrected chi connectivity index (χ1v) is 9.33. The van der Waals surface area contributed by atoms with Crippen molar-refractivity contribution in [3.8, 4) is 0 Å². The minimum absolute atomic E-state index is 0.0727. The largest absolute Gasteiger partial charge is 0.503 e. The van der Waals surface area contributed by atoms with Crippen LogP contribution in [0.1, 0.15) is 43.0 Å². The molecule has 1 amide bonds. The number of carbonyl (C=O) groups is 2. The van der Waals surface area contributed by atoms with Crippen molar-refractivity contribution in [2.24, 2.45) is 5.92 Å². The quantitative estimate of drug-likeness (QED) is 0.797. The van der Waals surface area contributed by atoms with E-state index in [1.165, 1.54) is 17.0 Å². The molecule has 1 aliphatic heterocycles. The average Bonchev–Trinajstić information content (AvgIpc) is 2.89. The number of hydrogen-bond acceptors (Lipinski definition) is 3. The Kier molecular flexibility index (Phi) is 5.36. The van der Waals surface area contributed by atoms with Crippen LogP contribution in [0.4, 0.5) is 10.1 Å². The van der Waals surface area contributed by atoms with E-state index < -0.39 is 23.5 Å². The number of benzene rings is 2. The van der Waals surface area contributed by atoms with Crippen molar-refractivity contribution in [1.82, 2.24) is 0 Å². The number of amides is 1. The first-order chi connectivity index (χ1) is 13.2. The molecule has 0 radical (unpaired) electrons. The summed E-state index contributed by atoms with van der Waals surface area (Å²) >= 11 is 0. The fraction of sp³-hybridized carbons (Fsp3) is 0.304. The highest BCUT2D eigenvalue weighted by molar-refractivity contribution is 6.16. The third-order valence-electron chi connectivity index (χ3n) is 5.06. The summed E-state index contributed by atoms with van der Waals surface area (Å²) in [6.45, 7) is 7.71. The summed E-state index contributed by atoms with van der Waals surface area (Å²) in [4.78, 5) is 27.3. The van der Waals surface area contributed by atoms with E-state index in [9.17, 15) is 19.1 Å². The van der Waals surface area contributed by atoms with Gasteiger partial charge in [0, 0.05) is 12.1 Å². The van der Waals surface area contributed by atoms with Crippen LogP contribution in [0.2, 0.25) is 0 Å². The highest BCUT2D eigenvalue weighted by Gasteiger charge is 2.44. The molecule has 0 saturated heterocycles. The molecule has 1 N–H and O–H groups in total. The summed E-state index contributed by atoms with van der Waals surface area (Å²) in [6, 6.07) is 10.4. The van der Waals surface area contributed by atoms with E-state index in [4.69, 9.17) is 0 Å². The van der Waals surface area contributed by atoms with E-state index in [1.807, 2.05) is 39.8 Å². The van der Waals surface area contributed by atoms with Gasteiger partial charge in [-0.3, -0.25) is 14.5 Å². The molecule has 0 spiro atoms. The minimum Gasteiger partial charge on any atom is -0.503 e. The van der Waals surface area contributed by atoms with Crippen molar-refractivity contribution in [3.05, 3.63) is 76.3 Å². The summed E-state index contributed by atoms with van der Waals surface area (Å²) in [5.74, 6) is -1.76. The Hall–Kier alpha value is -2.95. The second kappa shape index (κ2) is 7.58. The van der Waals surface area contributed by atoms with Crippen molar-refractivity contribution >= 4 is 17.4 Å². The molecule has 1 aliphatic rings. The van der Waals surface area contributed by atoms with Crippen LogP contribution in [0.15, 0.2) is 53.8 Å². The molecule has 1 heterocycles. The zero-order valence-corrected chi connectivity index (χ0v) is 16.5. The molecular weight excluding hydrogens is 357 g/mol. The zero-order valence-electron chi connectivity index (χ0n) is 16.5. The standard InChI is InChI=1S/C23H24FNO3/c1-13(2)11-19(26)20-21(16-6-8-17(24)9-7-16)25(23(28)22(20)27)18-10-5-14(3)15(4)12-18/h5-10,12-13,21,27H,11H2,1-4H3. The van der Waals surface area contributed by atoms with Crippen molar-refractivity contribution in [3.63, 3.8) is 0 Å². The third kappa shape index (κ3) is 3.57. The fourth-order valence-electron chi connectivity index (χ4n) is 3.47. The van der Waals surface area contributed by atoms with Gasteiger partial charge in [-0.1, -0.05) is 32.0 Å². The number of ketones is 1. The molecule has 28 heavy (non-hydrogen) atoms. The molecule has 0 fully saturated rings. The lowest BCUT2D eigenvalue weighted by molar-refractivity contribution is -0.118. The molecule has 4 nitrogen and oxygen atoms in total. The average molecular weight is 381 g/mol. The Morgan fingerprint density at radius 2 is 1.75 bits per heavy atom. The number of hydrogen-bond donors (Lipinski definition) is 1. The summed E-state index contributed by atoms with van der Waals surface area (Å²) in [7, 11) is 0. The van der Waals surface area contributed by atoms with Crippen LogP contribution in [-0.4, -0.2) is 16.8 Å². The molecule has 1 atom stereocenters. The predicted octanol–water partition coefficient (Wildman–Crippen LogP) is 4.96. The Morgan fingerprint density at radius 1 is 1.11 bits per heavy atom. The summed E-state index contributed by atoms with van der Waals surface area (Å²) in [5.41, 5.74) is 3.29. The predicted molar refractivity (Wildman–Crippen MR) is 107 cm³/mol. The second-order valence-electron chi connectivity index (χ2n) is 7.68. The van der Waals surface area contributed by atoms with Crippen LogP contribution in [-0.2, 0) is 9.59 Å². The number of Topliss-reactive ketones (excluding diaryl/α,β-unsaturated/α-hetero) is 1. The van der Waals surface area contributed by atoms with Gasteiger partial charge in [0.15, 0.2) is 11.5 Å². The molecule has 0 saturated carbocycles. The molecule has 146 valence electrons. The Bertz CT molecular complexity index is 960. The SMILES string of the molecule is Cc1ccc(N2C(=O)C(O)=C(C(=O)CC(C)C)C2c2ccc(F)cc2)cc1C. The number of nitrogens with zero attached hydrogens (tertiary/aromatic N) is 1. The molecule has 2 aromatic carbocycles. The summed E-state index contributed by atoms with van der Waals surface area (Å²) in [5, 5.41) is 10.6. The van der Waals surface area contributed by atoms with E-state index >= 15 is 0 Å². The lowest BCUT2D eigenvalue weighted by atomic mass is 9.92. The number of rotatable bonds is 5. The first-order valence-electron chi connectivity index (χ1n) is 9.33. The molecular formula is C23H24FNO3. The number of carbonyl (C=O) groups excluding carboxylic acids is 2. The van der Waals surface area contributed by atoms with Gasteiger partial charge in [0.05, 0.1) is 11.6 Å². The maximum atomic E-state index is 13.5. The molecule has 5 heteroatoms. The molecule has 0 bridgehead atoms. The van der Waals surface area contributed by atoms with Gasteiger partial charge in [-0.15, -0.1) is 0 Å². The third-order valence-corrected chi connectivity index (χ3v) is 5.06. The number of aliphatic hydroxyl groups is 1. The number of aliphatic hydroxyl groups excluding tert-OH is 1. The Balaban J connectivity index is 2.16. The van der Waals surface area contributed by atoms with Crippen molar-refractivity contribution in [1.29, 1.82) is 0 Å². The van der Waals surface area contributed by atoms with Crippen molar-refractivity contribution in [2.75, 3.05) is 4.90 Å². The van der Waals surface area contributed by atoms with E-state index in [2.05, 4.69) is 0 Å². The smallest absolute Gasteiger partial charge is 0.294 e. The topological polar surface area (TPSA) is 57.6 Å². The number of anilines is 1. The second-order valence-corrected chi connectivity index (χ2v) is 7.68. The summed E-state index contributed by atoms with van der Waals surface area (Å²) in [6.07, 6.45) is 0.213. The number of halogens is 1. The highest BCUT2D eigenvalue weighted by atomic mass is 19.1.